The Morgan fingerprint density at radius 2 is 1.94 bits per heavy atom. The smallest absolute Gasteiger partial charge is 0.209 e. The van der Waals surface area contributed by atoms with Gasteiger partial charge in [0.2, 0.25) is 5.54 Å². The summed E-state index contributed by atoms with van der Waals surface area (Å²) >= 11 is 0. The molecule has 3 nitrogen and oxygen atoms in total. The lowest BCUT2D eigenvalue weighted by Crippen LogP contribution is -2.33. The second-order valence-corrected chi connectivity index (χ2v) is 4.36. The molecule has 0 saturated carbocycles. The van der Waals surface area contributed by atoms with Gasteiger partial charge in [0.15, 0.2) is 5.78 Å². The Hall–Kier alpha value is -2.03. The van der Waals surface area contributed by atoms with Crippen molar-refractivity contribution in [1.29, 1.82) is 0 Å². The van der Waals surface area contributed by atoms with Crippen LogP contribution in [-0.4, -0.2) is 5.78 Å². The van der Waals surface area contributed by atoms with Gasteiger partial charge in [0.05, 0.1) is 0 Å². The lowest BCUT2D eigenvalue weighted by molar-refractivity contribution is -0.120. The Kier molecular flexibility index (Phi) is 3.51. The van der Waals surface area contributed by atoms with Gasteiger partial charge in [-0.25, -0.2) is 0 Å². The molecule has 0 spiro atoms. The average Bonchev–Trinajstić information content (AvgIpc) is 2.42. The first-order valence-corrected chi connectivity index (χ1v) is 6.00. The Balaban J connectivity index is 2.61. The van der Waals surface area contributed by atoms with Gasteiger partial charge in [0, 0.05) is 0 Å². The lowest BCUT2D eigenvalue weighted by atomic mass is 9.78. The molecule has 0 N–H and O–H groups in total. The molecule has 0 radical (unpaired) electrons. The highest BCUT2D eigenvalue weighted by molar-refractivity contribution is 5.92. The van der Waals surface area contributed by atoms with Crippen LogP contribution in [0.25, 0.3) is 0 Å². The Labute approximate surface area is 106 Å². The third-order valence-electron chi connectivity index (χ3n) is 3.25. The number of nitroso groups, excluding NO2 is 1. The third kappa shape index (κ3) is 1.92. The predicted octanol–water partition coefficient (Wildman–Crippen LogP) is 3.51. The number of benzene rings is 1. The minimum atomic E-state index is -1.39. The molecule has 0 amide bonds. The van der Waals surface area contributed by atoms with Crippen LogP contribution in [0.1, 0.15) is 25.3 Å². The van der Waals surface area contributed by atoms with Gasteiger partial charge in [-0.15, -0.1) is 4.91 Å². The van der Waals surface area contributed by atoms with E-state index in [4.69, 9.17) is 0 Å². The number of Topliss-reactive ketones (excluding diaryl/α,β-unsaturated/α-hetero) is 1. The predicted molar refractivity (Wildman–Crippen MR) is 71.1 cm³/mol. The molecule has 18 heavy (non-hydrogen) atoms. The van der Waals surface area contributed by atoms with Crippen molar-refractivity contribution in [3.63, 3.8) is 0 Å². The van der Waals surface area contributed by atoms with Crippen LogP contribution in [0.4, 0.5) is 0 Å². The van der Waals surface area contributed by atoms with Gasteiger partial charge in [-0.1, -0.05) is 48.6 Å². The number of hydrogen-bond donors (Lipinski definition) is 0. The van der Waals surface area contributed by atoms with E-state index >= 15 is 0 Å². The second-order valence-electron chi connectivity index (χ2n) is 4.36. The molecule has 0 aliphatic heterocycles. The maximum absolute atomic E-state index is 12.0. The van der Waals surface area contributed by atoms with Gasteiger partial charge in [-0.05, 0) is 36.1 Å². The van der Waals surface area contributed by atoms with Gasteiger partial charge >= 0.3 is 0 Å². The van der Waals surface area contributed by atoms with Crippen LogP contribution in [-0.2, 0) is 10.3 Å². The summed E-state index contributed by atoms with van der Waals surface area (Å²) in [4.78, 5) is 23.5. The van der Waals surface area contributed by atoms with Crippen molar-refractivity contribution >= 4 is 5.78 Å². The summed E-state index contributed by atoms with van der Waals surface area (Å²) in [5, 5.41) is 3.19. The maximum Gasteiger partial charge on any atom is 0.209 e. The van der Waals surface area contributed by atoms with Crippen LogP contribution in [0.2, 0.25) is 0 Å². The monoisotopic (exact) mass is 241 g/mol. The maximum atomic E-state index is 12.0. The van der Waals surface area contributed by atoms with E-state index in [-0.39, 0.29) is 5.78 Å². The second kappa shape index (κ2) is 5.08. The molecule has 0 fully saturated rings. The van der Waals surface area contributed by atoms with Crippen molar-refractivity contribution in [3.8, 4) is 0 Å². The van der Waals surface area contributed by atoms with Gasteiger partial charge in [0.25, 0.3) is 0 Å². The average molecular weight is 241 g/mol. The largest absolute Gasteiger partial charge is 0.296 e. The Bertz CT molecular complexity index is 517. The number of rotatable bonds is 4. The summed E-state index contributed by atoms with van der Waals surface area (Å²) in [5.41, 5.74) is -0.0780. The third-order valence-corrected chi connectivity index (χ3v) is 3.25. The zero-order valence-corrected chi connectivity index (χ0v) is 10.3. The van der Waals surface area contributed by atoms with Crippen molar-refractivity contribution in [3.05, 3.63) is 64.6 Å². The molecular formula is C15H15NO2. The van der Waals surface area contributed by atoms with Crippen LogP contribution in [0.3, 0.4) is 0 Å². The molecule has 1 atom stereocenters. The van der Waals surface area contributed by atoms with E-state index in [1.54, 1.807) is 12.1 Å². The normalized spacial score (nSPS) is 17.7. The Morgan fingerprint density at radius 3 is 2.44 bits per heavy atom. The van der Waals surface area contributed by atoms with E-state index in [1.807, 2.05) is 36.4 Å². The number of nitrogens with zero attached hydrogens (tertiary/aromatic N) is 1. The molecule has 1 aliphatic carbocycles. The molecule has 0 bridgehead atoms. The van der Waals surface area contributed by atoms with Crippen LogP contribution < -0.4 is 0 Å². The van der Waals surface area contributed by atoms with E-state index in [1.165, 1.54) is 6.92 Å². The number of hydrogen-bond acceptors (Lipinski definition) is 3. The van der Waals surface area contributed by atoms with Crippen molar-refractivity contribution in [2.24, 2.45) is 5.18 Å². The number of carbonyl (C=O) groups excluding carboxylic acids is 1. The van der Waals surface area contributed by atoms with Crippen LogP contribution >= 0.6 is 0 Å². The zero-order valence-electron chi connectivity index (χ0n) is 10.3. The van der Waals surface area contributed by atoms with E-state index < -0.39 is 5.54 Å². The topological polar surface area (TPSA) is 46.5 Å². The van der Waals surface area contributed by atoms with Crippen molar-refractivity contribution in [2.45, 2.75) is 25.3 Å². The van der Waals surface area contributed by atoms with Crippen LogP contribution in [0.5, 0.6) is 0 Å². The summed E-state index contributed by atoms with van der Waals surface area (Å²) in [6.07, 6.45) is 7.50. The number of ketones is 1. The highest BCUT2D eigenvalue weighted by atomic mass is 16.3. The number of allylic oxidation sites excluding steroid dienone is 2. The highest BCUT2D eigenvalue weighted by Crippen LogP contribution is 2.37. The summed E-state index contributed by atoms with van der Waals surface area (Å²) in [7, 11) is 0. The molecule has 92 valence electrons. The van der Waals surface area contributed by atoms with Crippen molar-refractivity contribution < 1.29 is 4.79 Å². The summed E-state index contributed by atoms with van der Waals surface area (Å²) in [5.74, 6) is -0.249. The first-order valence-electron chi connectivity index (χ1n) is 6.00. The summed E-state index contributed by atoms with van der Waals surface area (Å²) < 4.78 is 0. The summed E-state index contributed by atoms with van der Waals surface area (Å²) in [6, 6.07) is 9.01. The molecule has 0 heterocycles. The van der Waals surface area contributed by atoms with Crippen molar-refractivity contribution in [2.75, 3.05) is 0 Å². The molecule has 1 aromatic rings. The molecule has 1 aromatic carbocycles. The van der Waals surface area contributed by atoms with Crippen molar-refractivity contribution in [1.82, 2.24) is 0 Å². The fourth-order valence-corrected chi connectivity index (χ4v) is 2.30. The van der Waals surface area contributed by atoms with E-state index in [9.17, 15) is 9.70 Å². The van der Waals surface area contributed by atoms with Gasteiger partial charge in [-0.2, -0.15) is 0 Å². The molecule has 1 unspecified atom stereocenters. The highest BCUT2D eigenvalue weighted by Gasteiger charge is 2.42. The Morgan fingerprint density at radius 1 is 1.22 bits per heavy atom. The first-order chi connectivity index (χ1) is 8.71. The van der Waals surface area contributed by atoms with Gasteiger partial charge in [0.1, 0.15) is 0 Å². The SMILES string of the molecule is CC(=O)C(N=O)(C1=CCCC=C1)c1ccccc1. The molecule has 1 aliphatic rings. The van der Waals surface area contributed by atoms with Crippen LogP contribution in [0, 0.1) is 4.91 Å². The minimum Gasteiger partial charge on any atom is -0.296 e. The standard InChI is InChI=1S/C15H15NO2/c1-12(17)15(16-18,13-8-4-2-5-9-13)14-10-6-3-7-11-14/h2,4-6,8-11H,3,7H2,1H3. The number of carbonyl (C=O) groups is 1. The first kappa shape index (κ1) is 12.4. The minimum absolute atomic E-state index is 0.249. The molecule has 2 rings (SSSR count). The lowest BCUT2D eigenvalue weighted by Gasteiger charge is -2.26. The zero-order chi connectivity index (χ0) is 13.0. The quantitative estimate of drug-likeness (QED) is 0.757. The summed E-state index contributed by atoms with van der Waals surface area (Å²) in [6.45, 7) is 1.41. The van der Waals surface area contributed by atoms with E-state index in [2.05, 4.69) is 5.18 Å². The molecular weight excluding hydrogens is 226 g/mol. The van der Waals surface area contributed by atoms with Crippen LogP contribution in [0.15, 0.2) is 59.3 Å². The van der Waals surface area contributed by atoms with Gasteiger partial charge in [-0.3, -0.25) is 4.79 Å². The molecule has 0 saturated heterocycles. The van der Waals surface area contributed by atoms with Gasteiger partial charge < -0.3 is 0 Å². The molecule has 3 heteroatoms. The fraction of sp³-hybridized carbons (Fsp3) is 0.267. The molecule has 0 aromatic heterocycles. The van der Waals surface area contributed by atoms with E-state index in [0.29, 0.717) is 11.1 Å². The fourth-order valence-electron chi connectivity index (χ4n) is 2.30. The van der Waals surface area contributed by atoms with E-state index in [0.717, 1.165) is 12.8 Å².